The first kappa shape index (κ1) is 23.1. The van der Waals surface area contributed by atoms with E-state index < -0.39 is 0 Å². The number of likely N-dealkylation sites (tertiary alicyclic amines) is 1. The van der Waals surface area contributed by atoms with Crippen LogP contribution in [0.3, 0.4) is 0 Å². The Morgan fingerprint density at radius 1 is 1.00 bits per heavy atom. The first-order chi connectivity index (χ1) is 15.9. The van der Waals surface area contributed by atoms with Gasteiger partial charge in [0.15, 0.2) is 0 Å². The third kappa shape index (κ3) is 5.46. The molecule has 1 aliphatic rings. The monoisotopic (exact) mass is 482 g/mol. The van der Waals surface area contributed by atoms with Crippen molar-refractivity contribution in [2.24, 2.45) is 0 Å². The lowest BCUT2D eigenvalue weighted by Crippen LogP contribution is -2.48. The molecule has 3 amide bonds. The Labute approximate surface area is 203 Å². The second-order valence-electron chi connectivity index (χ2n) is 8.01. The zero-order chi connectivity index (χ0) is 23.4. The zero-order valence-electron chi connectivity index (χ0n) is 18.2. The minimum atomic E-state index is -0.172. The molecule has 1 saturated heterocycles. The van der Waals surface area contributed by atoms with Crippen LogP contribution in [0.25, 0.3) is 11.1 Å². The second kappa shape index (κ2) is 10.2. The van der Waals surface area contributed by atoms with Crippen LogP contribution in [0, 0.1) is 0 Å². The van der Waals surface area contributed by atoms with Gasteiger partial charge < -0.3 is 15.1 Å². The number of carbonyl (C=O) groups excluding carboxylic acids is 2. The Hall–Kier alpha value is -3.09. The van der Waals surface area contributed by atoms with Crippen LogP contribution in [0.5, 0.6) is 0 Å². The lowest BCUT2D eigenvalue weighted by atomic mass is 10.0. The Morgan fingerprint density at radius 2 is 1.70 bits per heavy atom. The fraction of sp³-hybridized carbons (Fsp3) is 0.240. The number of piperidine rings is 1. The third-order valence-corrected chi connectivity index (χ3v) is 6.66. The maximum atomic E-state index is 12.8. The van der Waals surface area contributed by atoms with Crippen LogP contribution < -0.4 is 5.32 Å². The van der Waals surface area contributed by atoms with E-state index in [1.807, 2.05) is 41.3 Å². The van der Waals surface area contributed by atoms with Crippen molar-refractivity contribution < 1.29 is 9.59 Å². The summed E-state index contributed by atoms with van der Waals surface area (Å²) in [6, 6.07) is 16.5. The van der Waals surface area contributed by atoms with E-state index in [0.29, 0.717) is 34.4 Å². The number of nitrogens with one attached hydrogen (secondary N) is 1. The highest BCUT2D eigenvalue weighted by atomic mass is 35.5. The SMILES string of the molecule is CN(C(=O)Nc1ccc(-c2ccc(Cl)c(Cl)c2)cc1)C1CCN(C(=O)c2cccnc2)CC1. The first-order valence-electron chi connectivity index (χ1n) is 10.7. The topological polar surface area (TPSA) is 65.5 Å². The molecule has 6 nitrogen and oxygen atoms in total. The van der Waals surface area contributed by atoms with E-state index in [1.165, 1.54) is 0 Å². The molecule has 0 spiro atoms. The summed E-state index contributed by atoms with van der Waals surface area (Å²) in [4.78, 5) is 32.9. The summed E-state index contributed by atoms with van der Waals surface area (Å²) < 4.78 is 0. The highest BCUT2D eigenvalue weighted by Gasteiger charge is 2.28. The van der Waals surface area contributed by atoms with Gasteiger partial charge >= 0.3 is 6.03 Å². The predicted octanol–water partition coefficient (Wildman–Crippen LogP) is 5.82. The average molecular weight is 483 g/mol. The van der Waals surface area contributed by atoms with Gasteiger partial charge in [-0.3, -0.25) is 9.78 Å². The predicted molar refractivity (Wildman–Crippen MR) is 132 cm³/mol. The molecule has 3 aromatic rings. The Bertz CT molecular complexity index is 1130. The van der Waals surface area contributed by atoms with Gasteiger partial charge in [-0.1, -0.05) is 41.4 Å². The summed E-state index contributed by atoms with van der Waals surface area (Å²) in [6.45, 7) is 1.21. The number of hydrogen-bond donors (Lipinski definition) is 1. The van der Waals surface area contributed by atoms with Crippen molar-refractivity contribution in [2.75, 3.05) is 25.5 Å². The van der Waals surface area contributed by atoms with Gasteiger partial charge in [0.25, 0.3) is 5.91 Å². The lowest BCUT2D eigenvalue weighted by molar-refractivity contribution is 0.0671. The van der Waals surface area contributed by atoms with Crippen molar-refractivity contribution in [2.45, 2.75) is 18.9 Å². The minimum Gasteiger partial charge on any atom is -0.338 e. The Balaban J connectivity index is 1.31. The molecule has 2 aromatic carbocycles. The van der Waals surface area contributed by atoms with Gasteiger partial charge in [0.1, 0.15) is 0 Å². The van der Waals surface area contributed by atoms with Crippen molar-refractivity contribution in [3.8, 4) is 11.1 Å². The number of benzene rings is 2. The number of nitrogens with zero attached hydrogens (tertiary/aromatic N) is 3. The van der Waals surface area contributed by atoms with Crippen LogP contribution in [0.4, 0.5) is 10.5 Å². The van der Waals surface area contributed by atoms with Crippen LogP contribution in [0.2, 0.25) is 10.0 Å². The third-order valence-electron chi connectivity index (χ3n) is 5.92. The van der Waals surface area contributed by atoms with E-state index in [4.69, 9.17) is 23.2 Å². The van der Waals surface area contributed by atoms with E-state index in [1.54, 1.807) is 42.5 Å². The molecule has 0 radical (unpaired) electrons. The van der Waals surface area contributed by atoms with Crippen molar-refractivity contribution in [1.82, 2.24) is 14.8 Å². The maximum Gasteiger partial charge on any atom is 0.321 e. The van der Waals surface area contributed by atoms with Crippen molar-refractivity contribution in [1.29, 1.82) is 0 Å². The van der Waals surface area contributed by atoms with Crippen molar-refractivity contribution in [3.05, 3.63) is 82.6 Å². The van der Waals surface area contributed by atoms with Gasteiger partial charge in [0, 0.05) is 44.3 Å². The van der Waals surface area contributed by atoms with E-state index in [2.05, 4.69) is 10.3 Å². The normalized spacial score (nSPS) is 14.1. The quantitative estimate of drug-likeness (QED) is 0.508. The molecule has 4 rings (SSSR count). The summed E-state index contributed by atoms with van der Waals surface area (Å²) >= 11 is 12.1. The van der Waals surface area contributed by atoms with Gasteiger partial charge in [-0.05, 0) is 60.4 Å². The summed E-state index contributed by atoms with van der Waals surface area (Å²) in [5, 5.41) is 3.96. The van der Waals surface area contributed by atoms with Crippen LogP contribution in [-0.2, 0) is 0 Å². The van der Waals surface area contributed by atoms with Gasteiger partial charge in [-0.25, -0.2) is 4.79 Å². The molecular weight excluding hydrogens is 459 g/mol. The molecule has 1 aromatic heterocycles. The standard InChI is InChI=1S/C25H24Cl2N4O2/c1-30(21-10-13-31(14-11-21)24(32)19-3-2-12-28-16-19)25(33)29-20-7-4-17(5-8-20)18-6-9-22(26)23(27)15-18/h2-9,12,15-16,21H,10-11,13-14H2,1H3,(H,29,33). The summed E-state index contributed by atoms with van der Waals surface area (Å²) in [5.74, 6) is -0.0179. The fourth-order valence-electron chi connectivity index (χ4n) is 3.93. The number of rotatable bonds is 4. The lowest BCUT2D eigenvalue weighted by Gasteiger charge is -2.36. The van der Waals surface area contributed by atoms with Crippen LogP contribution >= 0.6 is 23.2 Å². The molecule has 2 heterocycles. The van der Waals surface area contributed by atoms with E-state index in [-0.39, 0.29) is 18.0 Å². The molecule has 170 valence electrons. The Morgan fingerprint density at radius 3 is 2.33 bits per heavy atom. The molecule has 0 unspecified atom stereocenters. The number of carbonyl (C=O) groups is 2. The molecule has 1 fully saturated rings. The van der Waals surface area contributed by atoms with Gasteiger partial charge in [0.05, 0.1) is 15.6 Å². The molecule has 8 heteroatoms. The van der Waals surface area contributed by atoms with Crippen LogP contribution in [0.1, 0.15) is 23.2 Å². The fourth-order valence-corrected chi connectivity index (χ4v) is 4.23. The smallest absolute Gasteiger partial charge is 0.321 e. The molecule has 1 aliphatic heterocycles. The van der Waals surface area contributed by atoms with Gasteiger partial charge in [-0.15, -0.1) is 0 Å². The van der Waals surface area contributed by atoms with Crippen molar-refractivity contribution in [3.63, 3.8) is 0 Å². The molecule has 0 saturated carbocycles. The number of anilines is 1. The van der Waals surface area contributed by atoms with Gasteiger partial charge in [0.2, 0.25) is 0 Å². The number of halogens is 2. The first-order valence-corrected chi connectivity index (χ1v) is 11.5. The van der Waals surface area contributed by atoms with E-state index in [0.717, 1.165) is 24.0 Å². The highest BCUT2D eigenvalue weighted by Crippen LogP contribution is 2.29. The summed E-state index contributed by atoms with van der Waals surface area (Å²) in [5.41, 5.74) is 3.23. The largest absolute Gasteiger partial charge is 0.338 e. The van der Waals surface area contributed by atoms with Gasteiger partial charge in [-0.2, -0.15) is 0 Å². The molecule has 33 heavy (non-hydrogen) atoms. The summed E-state index contributed by atoms with van der Waals surface area (Å²) in [6.07, 6.45) is 4.69. The number of urea groups is 1. The second-order valence-corrected chi connectivity index (χ2v) is 8.83. The number of amides is 3. The molecule has 0 bridgehead atoms. The molecule has 0 atom stereocenters. The van der Waals surface area contributed by atoms with Crippen LogP contribution in [0.15, 0.2) is 67.0 Å². The summed E-state index contributed by atoms with van der Waals surface area (Å²) in [7, 11) is 1.79. The average Bonchev–Trinajstić information content (AvgIpc) is 2.86. The maximum absolute atomic E-state index is 12.8. The minimum absolute atomic E-state index is 0.0179. The van der Waals surface area contributed by atoms with Crippen LogP contribution in [-0.4, -0.2) is 52.9 Å². The molecule has 0 aliphatic carbocycles. The van der Waals surface area contributed by atoms with Crippen molar-refractivity contribution >= 4 is 40.8 Å². The molecular formula is C25H24Cl2N4O2. The Kier molecular flexibility index (Phi) is 7.16. The number of aromatic nitrogens is 1. The number of pyridine rings is 1. The highest BCUT2D eigenvalue weighted by molar-refractivity contribution is 6.42. The zero-order valence-corrected chi connectivity index (χ0v) is 19.7. The van der Waals surface area contributed by atoms with E-state index >= 15 is 0 Å². The van der Waals surface area contributed by atoms with E-state index in [9.17, 15) is 9.59 Å². The number of hydrogen-bond acceptors (Lipinski definition) is 3. The molecule has 1 N–H and O–H groups in total.